The van der Waals surface area contributed by atoms with E-state index in [0.29, 0.717) is 0 Å². The fourth-order valence-corrected chi connectivity index (χ4v) is 3.33. The smallest absolute Gasteiger partial charge is 0.159 e. The average molecular weight is 308 g/mol. The fraction of sp³-hybridized carbons (Fsp3) is 0.235. The summed E-state index contributed by atoms with van der Waals surface area (Å²) in [6, 6.07) is 10.2. The molecule has 3 aromatic rings. The third kappa shape index (κ3) is 2.77. The van der Waals surface area contributed by atoms with Crippen LogP contribution in [0.2, 0.25) is 0 Å². The molecular formula is C17H16N4S. The van der Waals surface area contributed by atoms with Gasteiger partial charge in [-0.1, -0.05) is 30.3 Å². The molecule has 2 aromatic heterocycles. The Bertz CT molecular complexity index is 756. The molecule has 3 heterocycles. The maximum Gasteiger partial charge on any atom is 0.159 e. The van der Waals surface area contributed by atoms with Gasteiger partial charge in [0.05, 0.1) is 16.9 Å². The molecule has 0 atom stereocenters. The highest BCUT2D eigenvalue weighted by atomic mass is 32.1. The SMILES string of the molecule is c1ccc(-c2ncc3c(n2)CCN(Cc2cscn2)C3)cc1. The minimum atomic E-state index is 0.826. The maximum atomic E-state index is 4.76. The van der Waals surface area contributed by atoms with Crippen LogP contribution in [0.3, 0.4) is 0 Å². The van der Waals surface area contributed by atoms with Gasteiger partial charge in [0.2, 0.25) is 0 Å². The molecule has 1 aromatic carbocycles. The molecule has 0 saturated carbocycles. The molecule has 0 N–H and O–H groups in total. The molecule has 0 amide bonds. The molecule has 110 valence electrons. The van der Waals surface area contributed by atoms with Crippen LogP contribution in [0.4, 0.5) is 0 Å². The van der Waals surface area contributed by atoms with Crippen LogP contribution >= 0.6 is 11.3 Å². The first-order valence-electron chi connectivity index (χ1n) is 7.38. The topological polar surface area (TPSA) is 41.9 Å². The van der Waals surface area contributed by atoms with Gasteiger partial charge in [0.15, 0.2) is 5.82 Å². The summed E-state index contributed by atoms with van der Waals surface area (Å²) in [4.78, 5) is 16.1. The summed E-state index contributed by atoms with van der Waals surface area (Å²) >= 11 is 1.65. The standard InChI is InChI=1S/C17H16N4S/c1-2-4-13(5-3-1)17-18-8-14-9-21(7-6-16(14)20-17)10-15-11-22-12-19-15/h1-5,8,11-12H,6-7,9-10H2. The Morgan fingerprint density at radius 1 is 1.14 bits per heavy atom. The van der Waals surface area contributed by atoms with Crippen molar-refractivity contribution in [3.63, 3.8) is 0 Å². The predicted molar refractivity (Wildman–Crippen MR) is 87.4 cm³/mol. The first-order valence-corrected chi connectivity index (χ1v) is 8.32. The normalized spacial score (nSPS) is 14.7. The summed E-state index contributed by atoms with van der Waals surface area (Å²) in [6.45, 7) is 2.83. The van der Waals surface area contributed by atoms with Gasteiger partial charge in [-0.3, -0.25) is 4.90 Å². The van der Waals surface area contributed by atoms with Crippen molar-refractivity contribution < 1.29 is 0 Å². The van der Waals surface area contributed by atoms with Crippen LogP contribution in [0.5, 0.6) is 0 Å². The summed E-state index contributed by atoms with van der Waals surface area (Å²) in [5.41, 5.74) is 6.54. The second-order valence-corrected chi connectivity index (χ2v) is 6.19. The highest BCUT2D eigenvalue weighted by Gasteiger charge is 2.19. The van der Waals surface area contributed by atoms with E-state index in [0.717, 1.165) is 43.1 Å². The van der Waals surface area contributed by atoms with E-state index in [1.807, 2.05) is 29.9 Å². The molecule has 5 heteroatoms. The van der Waals surface area contributed by atoms with Crippen molar-refractivity contribution in [3.8, 4) is 11.4 Å². The van der Waals surface area contributed by atoms with Gasteiger partial charge in [0, 0.05) is 48.8 Å². The average Bonchev–Trinajstić information content (AvgIpc) is 3.08. The van der Waals surface area contributed by atoms with Gasteiger partial charge in [0.25, 0.3) is 0 Å². The van der Waals surface area contributed by atoms with Gasteiger partial charge < -0.3 is 0 Å². The van der Waals surface area contributed by atoms with Gasteiger partial charge in [-0.05, 0) is 0 Å². The maximum absolute atomic E-state index is 4.76. The zero-order chi connectivity index (χ0) is 14.8. The van der Waals surface area contributed by atoms with E-state index in [2.05, 4.69) is 32.4 Å². The summed E-state index contributed by atoms with van der Waals surface area (Å²) in [7, 11) is 0. The molecule has 0 fully saturated rings. The Hall–Kier alpha value is -2.11. The molecule has 4 nitrogen and oxygen atoms in total. The molecule has 0 aliphatic carbocycles. The van der Waals surface area contributed by atoms with Gasteiger partial charge >= 0.3 is 0 Å². The van der Waals surface area contributed by atoms with Gasteiger partial charge in [-0.25, -0.2) is 15.0 Å². The van der Waals surface area contributed by atoms with E-state index in [4.69, 9.17) is 4.98 Å². The Morgan fingerprint density at radius 3 is 2.86 bits per heavy atom. The van der Waals surface area contributed by atoms with Crippen molar-refractivity contribution >= 4 is 11.3 Å². The number of fused-ring (bicyclic) bond motifs is 1. The number of hydrogen-bond donors (Lipinski definition) is 0. The quantitative estimate of drug-likeness (QED) is 0.745. The molecule has 0 bridgehead atoms. The molecule has 4 rings (SSSR count). The number of thiazole rings is 1. The monoisotopic (exact) mass is 308 g/mol. The molecule has 0 radical (unpaired) electrons. The van der Waals surface area contributed by atoms with E-state index in [1.54, 1.807) is 11.3 Å². The highest BCUT2D eigenvalue weighted by Crippen LogP contribution is 2.21. The number of aromatic nitrogens is 3. The lowest BCUT2D eigenvalue weighted by molar-refractivity contribution is 0.240. The molecular weight excluding hydrogens is 292 g/mol. The highest BCUT2D eigenvalue weighted by molar-refractivity contribution is 7.07. The zero-order valence-electron chi connectivity index (χ0n) is 12.1. The number of benzene rings is 1. The van der Waals surface area contributed by atoms with E-state index in [1.165, 1.54) is 11.3 Å². The van der Waals surface area contributed by atoms with Gasteiger partial charge in [0.1, 0.15) is 0 Å². The molecule has 1 aliphatic heterocycles. The van der Waals surface area contributed by atoms with Gasteiger partial charge in [-0.2, -0.15) is 0 Å². The van der Waals surface area contributed by atoms with Crippen LogP contribution in [0.25, 0.3) is 11.4 Å². The molecule has 1 aliphatic rings. The lowest BCUT2D eigenvalue weighted by atomic mass is 10.1. The van der Waals surface area contributed by atoms with E-state index in [-0.39, 0.29) is 0 Å². The third-order valence-corrected chi connectivity index (χ3v) is 4.55. The Labute approximate surface area is 133 Å². The summed E-state index contributed by atoms with van der Waals surface area (Å²) < 4.78 is 0. The van der Waals surface area contributed by atoms with Crippen molar-refractivity contribution in [2.75, 3.05) is 6.54 Å². The number of rotatable bonds is 3. The van der Waals surface area contributed by atoms with Crippen molar-refractivity contribution in [2.45, 2.75) is 19.5 Å². The van der Waals surface area contributed by atoms with Crippen molar-refractivity contribution in [1.82, 2.24) is 19.9 Å². The largest absolute Gasteiger partial charge is 0.293 e. The molecule has 0 saturated heterocycles. The van der Waals surface area contributed by atoms with Crippen LogP contribution in [-0.4, -0.2) is 26.4 Å². The van der Waals surface area contributed by atoms with Crippen molar-refractivity contribution in [1.29, 1.82) is 0 Å². The molecule has 0 unspecified atom stereocenters. The van der Waals surface area contributed by atoms with Gasteiger partial charge in [-0.15, -0.1) is 11.3 Å². The summed E-state index contributed by atoms with van der Waals surface area (Å²) in [5, 5.41) is 2.12. The van der Waals surface area contributed by atoms with Crippen LogP contribution in [0, 0.1) is 0 Å². The van der Waals surface area contributed by atoms with Crippen LogP contribution in [0.1, 0.15) is 17.0 Å². The van der Waals surface area contributed by atoms with E-state index < -0.39 is 0 Å². The zero-order valence-corrected chi connectivity index (χ0v) is 13.0. The minimum Gasteiger partial charge on any atom is -0.293 e. The predicted octanol–water partition coefficient (Wildman–Crippen LogP) is 3.16. The van der Waals surface area contributed by atoms with Crippen LogP contribution < -0.4 is 0 Å². The van der Waals surface area contributed by atoms with Crippen LogP contribution in [-0.2, 0) is 19.5 Å². The number of nitrogens with zero attached hydrogens (tertiary/aromatic N) is 4. The summed E-state index contributed by atoms with van der Waals surface area (Å²) in [6.07, 6.45) is 2.96. The third-order valence-electron chi connectivity index (χ3n) is 3.91. The Morgan fingerprint density at radius 2 is 2.05 bits per heavy atom. The van der Waals surface area contributed by atoms with Crippen LogP contribution in [0.15, 0.2) is 47.4 Å². The fourth-order valence-electron chi connectivity index (χ4n) is 2.78. The minimum absolute atomic E-state index is 0.826. The second-order valence-electron chi connectivity index (χ2n) is 5.47. The lowest BCUT2D eigenvalue weighted by Crippen LogP contribution is -2.31. The lowest BCUT2D eigenvalue weighted by Gasteiger charge is -2.27. The van der Waals surface area contributed by atoms with Crippen molar-refractivity contribution in [3.05, 3.63) is 64.4 Å². The first-order chi connectivity index (χ1) is 10.9. The van der Waals surface area contributed by atoms with E-state index >= 15 is 0 Å². The van der Waals surface area contributed by atoms with Crippen molar-refractivity contribution in [2.24, 2.45) is 0 Å². The second kappa shape index (κ2) is 5.94. The number of hydrogen-bond acceptors (Lipinski definition) is 5. The summed E-state index contributed by atoms with van der Waals surface area (Å²) in [5.74, 6) is 0.826. The molecule has 22 heavy (non-hydrogen) atoms. The molecule has 0 spiro atoms. The Balaban J connectivity index is 1.54. The Kier molecular flexibility index (Phi) is 3.66. The van der Waals surface area contributed by atoms with E-state index in [9.17, 15) is 0 Å². The first kappa shape index (κ1) is 13.5.